The highest BCUT2D eigenvalue weighted by Crippen LogP contribution is 2.45. The standard InChI is InChI=1S/C31H37F4N9O3/c1-17-10-19(36)37-22(21(17)31(33,34)35)23-25-24(42(4)40-23)20-26(41(25)3)38-28(39-27(20)43-8-9-46-15-29(2,45)14-43)47-16-30-6-5-7-44(30)13-18(11-30)12-32/h10,12,45H,5-9,11,13-16H2,1-4H3,(H2,36,37)/b18-12-/t29-,30-/m0/s1. The molecule has 0 radical (unpaired) electrons. The molecule has 12 nitrogen and oxygen atoms in total. The van der Waals surface area contributed by atoms with Crippen molar-refractivity contribution in [2.45, 2.75) is 50.4 Å². The van der Waals surface area contributed by atoms with Crippen LogP contribution in [0.1, 0.15) is 37.3 Å². The summed E-state index contributed by atoms with van der Waals surface area (Å²) in [6.07, 6.45) is -1.70. The number of aryl methyl sites for hydroxylation is 3. The van der Waals surface area contributed by atoms with Gasteiger partial charge in [-0.25, -0.2) is 9.37 Å². The Labute approximate surface area is 267 Å². The summed E-state index contributed by atoms with van der Waals surface area (Å²) in [6.45, 7) is 5.58. The van der Waals surface area contributed by atoms with Crippen LogP contribution in [-0.2, 0) is 25.0 Å². The number of aliphatic hydroxyl groups is 1. The number of aromatic nitrogens is 6. The number of rotatable bonds is 5. The quantitative estimate of drug-likeness (QED) is 0.304. The lowest BCUT2D eigenvalue weighted by molar-refractivity contribution is -0.137. The van der Waals surface area contributed by atoms with Gasteiger partial charge in [0.2, 0.25) is 0 Å². The molecule has 0 unspecified atom stereocenters. The van der Waals surface area contributed by atoms with Gasteiger partial charge in [-0.2, -0.15) is 28.2 Å². The molecule has 0 saturated carbocycles. The lowest BCUT2D eigenvalue weighted by Crippen LogP contribution is -2.44. The molecule has 3 N–H and O–H groups in total. The van der Waals surface area contributed by atoms with E-state index in [0.717, 1.165) is 25.0 Å². The molecule has 0 bridgehead atoms. The molecule has 3 saturated heterocycles. The third-order valence-electron chi connectivity index (χ3n) is 9.57. The number of ether oxygens (including phenoxy) is 2. The van der Waals surface area contributed by atoms with Crippen LogP contribution < -0.4 is 15.4 Å². The van der Waals surface area contributed by atoms with Crippen molar-refractivity contribution in [3.8, 4) is 17.4 Å². The largest absolute Gasteiger partial charge is 0.461 e. The van der Waals surface area contributed by atoms with Gasteiger partial charge in [-0.05, 0) is 56.9 Å². The molecule has 4 aromatic heterocycles. The number of anilines is 2. The van der Waals surface area contributed by atoms with Crippen molar-refractivity contribution < 1.29 is 32.1 Å². The van der Waals surface area contributed by atoms with Crippen LogP contribution in [0.25, 0.3) is 33.5 Å². The van der Waals surface area contributed by atoms with Crippen LogP contribution in [0.5, 0.6) is 6.01 Å². The number of hydrogen-bond acceptors (Lipinski definition) is 10. The van der Waals surface area contributed by atoms with Gasteiger partial charge in [0.05, 0.1) is 53.6 Å². The van der Waals surface area contributed by atoms with Gasteiger partial charge in [0.15, 0.2) is 5.65 Å². The monoisotopic (exact) mass is 659 g/mol. The number of nitrogens with two attached hydrogens (primary N) is 1. The van der Waals surface area contributed by atoms with Crippen LogP contribution >= 0.6 is 0 Å². The fraction of sp³-hybridized carbons (Fsp3) is 0.548. The number of pyridine rings is 1. The van der Waals surface area contributed by atoms with E-state index in [1.807, 2.05) is 4.90 Å². The zero-order chi connectivity index (χ0) is 33.5. The summed E-state index contributed by atoms with van der Waals surface area (Å²) in [5.74, 6) is 0.351. The van der Waals surface area contributed by atoms with Crippen molar-refractivity contribution in [3.05, 3.63) is 29.1 Å². The van der Waals surface area contributed by atoms with Gasteiger partial charge in [0.1, 0.15) is 35.2 Å². The van der Waals surface area contributed by atoms with E-state index < -0.39 is 17.3 Å². The van der Waals surface area contributed by atoms with Crippen LogP contribution in [-0.4, -0.2) is 96.4 Å². The summed E-state index contributed by atoms with van der Waals surface area (Å²) < 4.78 is 72.0. The molecule has 2 atom stereocenters. The molecule has 0 spiro atoms. The van der Waals surface area contributed by atoms with Gasteiger partial charge in [-0.3, -0.25) is 9.58 Å². The molecular weight excluding hydrogens is 622 g/mol. The van der Waals surface area contributed by atoms with Gasteiger partial charge >= 0.3 is 12.2 Å². The van der Waals surface area contributed by atoms with Gasteiger partial charge in [-0.1, -0.05) is 0 Å². The Hall–Kier alpha value is -4.02. The van der Waals surface area contributed by atoms with E-state index in [0.29, 0.717) is 60.3 Å². The summed E-state index contributed by atoms with van der Waals surface area (Å²) in [6, 6.07) is 1.25. The molecule has 3 fully saturated rings. The molecule has 7 heterocycles. The maximum absolute atomic E-state index is 14.4. The van der Waals surface area contributed by atoms with Crippen molar-refractivity contribution in [2.24, 2.45) is 14.1 Å². The molecule has 7 rings (SSSR count). The van der Waals surface area contributed by atoms with E-state index in [4.69, 9.17) is 25.2 Å². The van der Waals surface area contributed by atoms with Crippen molar-refractivity contribution >= 4 is 33.7 Å². The Kier molecular flexibility index (Phi) is 7.40. The Morgan fingerprint density at radius 3 is 2.68 bits per heavy atom. The normalized spacial score (nSPS) is 25.0. The van der Waals surface area contributed by atoms with Crippen LogP contribution in [0.4, 0.5) is 29.2 Å². The van der Waals surface area contributed by atoms with Crippen molar-refractivity contribution in [2.75, 3.05) is 56.6 Å². The zero-order valence-electron chi connectivity index (χ0n) is 26.7. The highest BCUT2D eigenvalue weighted by molar-refractivity contribution is 6.14. The van der Waals surface area contributed by atoms with Crippen LogP contribution in [0.2, 0.25) is 0 Å². The second-order valence-corrected chi connectivity index (χ2v) is 13.3. The molecule has 47 heavy (non-hydrogen) atoms. The van der Waals surface area contributed by atoms with E-state index in [9.17, 15) is 22.7 Å². The van der Waals surface area contributed by atoms with Crippen molar-refractivity contribution in [1.82, 2.24) is 34.2 Å². The fourth-order valence-electron chi connectivity index (χ4n) is 7.60. The number of alkyl halides is 3. The molecule has 0 aromatic carbocycles. The molecule has 16 heteroatoms. The topological polar surface area (TPSA) is 133 Å². The van der Waals surface area contributed by atoms with E-state index in [1.54, 1.807) is 25.6 Å². The van der Waals surface area contributed by atoms with Crippen molar-refractivity contribution in [3.63, 3.8) is 0 Å². The second-order valence-electron chi connectivity index (χ2n) is 13.3. The predicted molar refractivity (Wildman–Crippen MR) is 167 cm³/mol. The third kappa shape index (κ3) is 5.26. The van der Waals surface area contributed by atoms with Crippen molar-refractivity contribution in [1.29, 1.82) is 0 Å². The average molecular weight is 660 g/mol. The number of β-amino-alcohol motifs (C(OH)–C–C–N with tert-alkyl or cyclic N) is 1. The van der Waals surface area contributed by atoms with Crippen LogP contribution in [0.3, 0.4) is 0 Å². The lowest BCUT2D eigenvalue weighted by atomic mass is 9.94. The minimum atomic E-state index is -4.72. The number of halogens is 4. The van der Waals surface area contributed by atoms with Crippen LogP contribution in [0.15, 0.2) is 18.0 Å². The number of nitrogen functional groups attached to an aromatic ring is 1. The van der Waals surface area contributed by atoms with E-state index in [1.165, 1.54) is 17.7 Å². The summed E-state index contributed by atoms with van der Waals surface area (Å²) in [7, 11) is 3.33. The molecule has 4 aromatic rings. The maximum atomic E-state index is 14.4. The highest BCUT2D eigenvalue weighted by Gasteiger charge is 2.47. The average Bonchev–Trinajstić information content (AvgIpc) is 3.68. The second kappa shape index (κ2) is 11.0. The Morgan fingerprint density at radius 2 is 1.94 bits per heavy atom. The number of fused-ring (bicyclic) bond motifs is 4. The number of nitrogens with zero attached hydrogens (tertiary/aromatic N) is 8. The first-order valence-corrected chi connectivity index (χ1v) is 15.5. The SMILES string of the molecule is Cc1cc(N)nc(-c2nn(C)c3c4c(N5CCOC[C@@](C)(O)C5)nc(OC[C@@]56CCCN5C/C(=C\F)C6)nc4n(C)c23)c1C(F)(F)F. The van der Waals surface area contributed by atoms with Gasteiger partial charge in [-0.15, -0.1) is 0 Å². The summed E-state index contributed by atoms with van der Waals surface area (Å²) in [5, 5.41) is 16.1. The summed E-state index contributed by atoms with van der Waals surface area (Å²) >= 11 is 0. The molecule has 252 valence electrons. The minimum Gasteiger partial charge on any atom is -0.461 e. The predicted octanol–water partition coefficient (Wildman–Crippen LogP) is 3.88. The summed E-state index contributed by atoms with van der Waals surface area (Å²) in [4.78, 5) is 17.9. The molecule has 3 aliphatic heterocycles. The minimum absolute atomic E-state index is 0.0117. The van der Waals surface area contributed by atoms with E-state index >= 15 is 0 Å². The van der Waals surface area contributed by atoms with Gasteiger partial charge in [0.25, 0.3) is 0 Å². The third-order valence-corrected chi connectivity index (χ3v) is 9.57. The van der Waals surface area contributed by atoms with Crippen LogP contribution in [0, 0.1) is 6.92 Å². The molecule has 0 aliphatic carbocycles. The first-order valence-electron chi connectivity index (χ1n) is 15.5. The Balaban J connectivity index is 1.43. The maximum Gasteiger partial charge on any atom is 0.418 e. The fourth-order valence-corrected chi connectivity index (χ4v) is 7.60. The molecule has 0 amide bonds. The number of hydrogen-bond donors (Lipinski definition) is 2. The Morgan fingerprint density at radius 1 is 1.15 bits per heavy atom. The highest BCUT2D eigenvalue weighted by atomic mass is 19.4. The van der Waals surface area contributed by atoms with Gasteiger partial charge < -0.3 is 29.8 Å². The first kappa shape index (κ1) is 31.6. The smallest absolute Gasteiger partial charge is 0.418 e. The molecular formula is C31H37F4N9O3. The van der Waals surface area contributed by atoms with Gasteiger partial charge in [0, 0.05) is 27.2 Å². The van der Waals surface area contributed by atoms with E-state index in [2.05, 4.69) is 15.0 Å². The van der Waals surface area contributed by atoms with E-state index in [-0.39, 0.29) is 54.1 Å². The first-order chi connectivity index (χ1) is 22.2. The zero-order valence-corrected chi connectivity index (χ0v) is 26.7. The summed E-state index contributed by atoms with van der Waals surface area (Å²) in [5.41, 5.74) is 4.92. The Bertz CT molecular complexity index is 1920. The molecule has 3 aliphatic rings. The lowest BCUT2D eigenvalue weighted by Gasteiger charge is -2.31.